The summed E-state index contributed by atoms with van der Waals surface area (Å²) in [4.78, 5) is 0.00845. The van der Waals surface area contributed by atoms with Crippen LogP contribution in [0.5, 0.6) is 0 Å². The van der Waals surface area contributed by atoms with Crippen LogP contribution >= 0.6 is 0 Å². The number of benzene rings is 2. The average Bonchev–Trinajstić information content (AvgIpc) is 3.38. The van der Waals surface area contributed by atoms with E-state index in [0.717, 1.165) is 0 Å². The summed E-state index contributed by atoms with van der Waals surface area (Å²) in [5.74, 6) is 5.18. The van der Waals surface area contributed by atoms with Gasteiger partial charge in [-0.15, -0.1) is 0 Å². The Hall–Kier alpha value is -2.10. The van der Waals surface area contributed by atoms with Crippen LogP contribution in [0, 0.1) is 23.2 Å². The maximum atomic E-state index is 13.4. The van der Waals surface area contributed by atoms with E-state index in [9.17, 15) is 16.8 Å². The zero-order valence-electron chi connectivity index (χ0n) is 15.5. The van der Waals surface area contributed by atoms with E-state index in [1.165, 1.54) is 24.3 Å². The van der Waals surface area contributed by atoms with Gasteiger partial charge in [0, 0.05) is 5.41 Å². The molecule has 1 aliphatic carbocycles. The van der Waals surface area contributed by atoms with Crippen molar-refractivity contribution in [2.24, 2.45) is 11.3 Å². The third kappa shape index (κ3) is 3.30. The highest BCUT2D eigenvalue weighted by molar-refractivity contribution is 8.11. The molecule has 142 valence electrons. The summed E-state index contributed by atoms with van der Waals surface area (Å²) in [6.45, 7) is 5.71. The van der Waals surface area contributed by atoms with Crippen molar-refractivity contribution in [1.29, 1.82) is 0 Å². The van der Waals surface area contributed by atoms with Crippen molar-refractivity contribution < 1.29 is 16.8 Å². The molecule has 2 aromatic rings. The van der Waals surface area contributed by atoms with E-state index < -0.39 is 29.7 Å². The highest BCUT2D eigenvalue weighted by Crippen LogP contribution is 2.58. The molecule has 1 atom stereocenters. The molecule has 3 rings (SSSR count). The summed E-state index contributed by atoms with van der Waals surface area (Å²) in [6.07, 6.45) is -0.0233. The zero-order chi connectivity index (χ0) is 19.9. The van der Waals surface area contributed by atoms with Gasteiger partial charge in [-0.3, -0.25) is 0 Å². The molecule has 0 saturated heterocycles. The third-order valence-corrected chi connectivity index (χ3v) is 10.3. The van der Waals surface area contributed by atoms with Crippen molar-refractivity contribution in [3.63, 3.8) is 0 Å². The molecule has 1 fully saturated rings. The minimum Gasteiger partial charge on any atom is -0.222 e. The summed E-state index contributed by atoms with van der Waals surface area (Å²) in [5, 5.41) is 0. The van der Waals surface area contributed by atoms with Gasteiger partial charge in [0.05, 0.1) is 15.7 Å². The highest BCUT2D eigenvalue weighted by Gasteiger charge is 2.72. The number of hydrogen-bond acceptors (Lipinski definition) is 4. The van der Waals surface area contributed by atoms with Crippen LogP contribution < -0.4 is 0 Å². The fourth-order valence-corrected chi connectivity index (χ4v) is 8.23. The molecule has 0 amide bonds. The summed E-state index contributed by atoms with van der Waals surface area (Å²) in [6, 6.07) is 15.5. The molecule has 0 spiro atoms. The van der Waals surface area contributed by atoms with Gasteiger partial charge in [0.1, 0.15) is 0 Å². The molecule has 0 aliphatic heterocycles. The lowest BCUT2D eigenvalue weighted by atomic mass is 9.98. The lowest BCUT2D eigenvalue weighted by Crippen LogP contribution is -2.35. The number of sulfone groups is 2. The third-order valence-electron chi connectivity index (χ3n) is 4.50. The Morgan fingerprint density at radius 2 is 1.22 bits per heavy atom. The first kappa shape index (κ1) is 19.7. The fraction of sp³-hybridized carbons (Fsp3) is 0.333. The van der Waals surface area contributed by atoms with E-state index >= 15 is 0 Å². The van der Waals surface area contributed by atoms with Gasteiger partial charge in [-0.05, 0) is 51.5 Å². The van der Waals surface area contributed by atoms with Crippen molar-refractivity contribution in [2.45, 2.75) is 41.1 Å². The van der Waals surface area contributed by atoms with Gasteiger partial charge in [0.25, 0.3) is 0 Å². The van der Waals surface area contributed by atoms with Crippen LogP contribution in [0.15, 0.2) is 70.5 Å². The largest absolute Gasteiger partial charge is 0.222 e. The van der Waals surface area contributed by atoms with Crippen molar-refractivity contribution in [1.82, 2.24) is 0 Å². The molecule has 2 aromatic carbocycles. The molecule has 27 heavy (non-hydrogen) atoms. The number of rotatable bonds is 4. The first-order valence-corrected chi connectivity index (χ1v) is 11.6. The molecular weight excluding hydrogens is 380 g/mol. The minimum atomic E-state index is -4.14. The predicted octanol–water partition coefficient (Wildman–Crippen LogP) is 3.70. The molecule has 4 nitrogen and oxygen atoms in total. The molecular formula is C21H22O4S2. The van der Waals surface area contributed by atoms with E-state index in [4.69, 9.17) is 0 Å². The quantitative estimate of drug-likeness (QED) is 0.731. The molecule has 1 saturated carbocycles. The second-order valence-electron chi connectivity index (χ2n) is 7.72. The summed E-state index contributed by atoms with van der Waals surface area (Å²) >= 11 is 0. The Morgan fingerprint density at radius 3 is 1.59 bits per heavy atom. The van der Waals surface area contributed by atoms with E-state index in [0.29, 0.717) is 0 Å². The zero-order valence-corrected chi connectivity index (χ0v) is 17.1. The second kappa shape index (κ2) is 6.50. The first-order chi connectivity index (χ1) is 12.5. The van der Waals surface area contributed by atoms with Gasteiger partial charge >= 0.3 is 0 Å². The van der Waals surface area contributed by atoms with Gasteiger partial charge in [0.15, 0.2) is 23.8 Å². The topological polar surface area (TPSA) is 68.3 Å². The summed E-state index contributed by atoms with van der Waals surface area (Å²) < 4.78 is 51.8. The molecule has 6 heteroatoms. The standard InChI is InChI=1S/C21H22O4S2/c1-20(2,3)15-14-17-16-21(17,26(22,23)18-10-6-4-7-11-18)27(24,25)19-12-8-5-9-13-19/h4-13,17H,16H2,1-3H3/t17-/m1/s1. The maximum absolute atomic E-state index is 13.4. The molecule has 1 aliphatic rings. The summed E-state index contributed by atoms with van der Waals surface area (Å²) in [5.41, 5.74) is -0.346. The smallest absolute Gasteiger partial charge is 0.200 e. The van der Waals surface area contributed by atoms with Crippen molar-refractivity contribution in [3.05, 3.63) is 60.7 Å². The fourth-order valence-electron chi connectivity index (χ4n) is 3.03. The van der Waals surface area contributed by atoms with Gasteiger partial charge in [-0.25, -0.2) is 16.8 Å². The maximum Gasteiger partial charge on any atom is 0.200 e. The monoisotopic (exact) mass is 402 g/mol. The average molecular weight is 403 g/mol. The Bertz CT molecular complexity index is 1030. The van der Waals surface area contributed by atoms with Crippen molar-refractivity contribution >= 4 is 19.7 Å². The molecule has 0 N–H and O–H groups in total. The summed E-state index contributed by atoms with van der Waals surface area (Å²) in [7, 11) is -8.28. The van der Waals surface area contributed by atoms with Crippen LogP contribution in [-0.4, -0.2) is 20.9 Å². The predicted molar refractivity (Wildman–Crippen MR) is 105 cm³/mol. The first-order valence-electron chi connectivity index (χ1n) is 8.64. The van der Waals surface area contributed by atoms with E-state index in [-0.39, 0.29) is 21.6 Å². The molecule has 0 aromatic heterocycles. The molecule has 0 bridgehead atoms. The van der Waals surface area contributed by atoms with Gasteiger partial charge < -0.3 is 0 Å². The SMILES string of the molecule is CC(C)(C)C#C[C@@H]1CC1(S(=O)(=O)c1ccccc1)S(=O)(=O)c1ccccc1. The van der Waals surface area contributed by atoms with Crippen LogP contribution in [0.1, 0.15) is 27.2 Å². The van der Waals surface area contributed by atoms with E-state index in [2.05, 4.69) is 11.8 Å². The normalized spacial score (nSPS) is 19.0. The van der Waals surface area contributed by atoms with Crippen molar-refractivity contribution in [3.8, 4) is 11.8 Å². The van der Waals surface area contributed by atoms with Crippen LogP contribution in [0.3, 0.4) is 0 Å². The Balaban J connectivity index is 2.20. The van der Waals surface area contributed by atoms with Crippen LogP contribution in [0.25, 0.3) is 0 Å². The van der Waals surface area contributed by atoms with E-state index in [1.807, 2.05) is 20.8 Å². The van der Waals surface area contributed by atoms with Crippen molar-refractivity contribution in [2.75, 3.05) is 0 Å². The highest BCUT2D eigenvalue weighted by atomic mass is 32.3. The Kier molecular flexibility index (Phi) is 4.73. The molecule has 0 radical (unpaired) electrons. The van der Waals surface area contributed by atoms with E-state index in [1.54, 1.807) is 36.4 Å². The Morgan fingerprint density at radius 1 is 0.815 bits per heavy atom. The lowest BCUT2D eigenvalue weighted by molar-refractivity contribution is 0.565. The van der Waals surface area contributed by atoms with Gasteiger partial charge in [0.2, 0.25) is 0 Å². The Labute approximate surface area is 161 Å². The lowest BCUT2D eigenvalue weighted by Gasteiger charge is -2.18. The minimum absolute atomic E-state index is 0.00423. The van der Waals surface area contributed by atoms with Crippen LogP contribution in [0.4, 0.5) is 0 Å². The van der Waals surface area contributed by atoms with Gasteiger partial charge in [-0.2, -0.15) is 0 Å². The number of hydrogen-bond donors (Lipinski definition) is 0. The second-order valence-corrected chi connectivity index (χ2v) is 12.4. The molecule has 0 heterocycles. The van der Waals surface area contributed by atoms with Gasteiger partial charge in [-0.1, -0.05) is 48.2 Å². The van der Waals surface area contributed by atoms with Crippen LogP contribution in [-0.2, 0) is 19.7 Å². The molecule has 0 unspecified atom stereocenters. The van der Waals surface area contributed by atoms with Crippen LogP contribution in [0.2, 0.25) is 0 Å².